The van der Waals surface area contributed by atoms with E-state index in [2.05, 4.69) is 0 Å². The summed E-state index contributed by atoms with van der Waals surface area (Å²) < 4.78 is 17.0. The lowest BCUT2D eigenvalue weighted by molar-refractivity contribution is -0.116. The first-order chi connectivity index (χ1) is 18.8. The third-order valence-corrected chi connectivity index (χ3v) is 7.90. The molecule has 1 saturated carbocycles. The van der Waals surface area contributed by atoms with E-state index in [0.29, 0.717) is 43.3 Å². The second-order valence-corrected chi connectivity index (χ2v) is 10.8. The fourth-order valence-corrected chi connectivity index (χ4v) is 5.52. The van der Waals surface area contributed by atoms with Crippen molar-refractivity contribution in [1.82, 2.24) is 0 Å². The summed E-state index contributed by atoms with van der Waals surface area (Å²) in [5.74, 6) is 0.556. The number of halogens is 3. The third kappa shape index (κ3) is 5.88. The van der Waals surface area contributed by atoms with Crippen molar-refractivity contribution in [1.29, 1.82) is 0 Å². The summed E-state index contributed by atoms with van der Waals surface area (Å²) in [6.45, 7) is -0.0536. The molecular formula is C30H26Cl3NO5. The minimum Gasteiger partial charge on any atom is -0.489 e. The maximum absolute atomic E-state index is 13.1. The van der Waals surface area contributed by atoms with Crippen LogP contribution in [0, 0.1) is 5.92 Å². The van der Waals surface area contributed by atoms with Gasteiger partial charge in [-0.15, -0.1) is 0 Å². The van der Waals surface area contributed by atoms with Crippen LogP contribution in [0.25, 0.3) is 5.70 Å². The average molecular weight is 587 g/mol. The summed E-state index contributed by atoms with van der Waals surface area (Å²) in [5.41, 5.74) is 9.65. The van der Waals surface area contributed by atoms with Crippen LogP contribution in [0.1, 0.15) is 52.4 Å². The van der Waals surface area contributed by atoms with Crippen molar-refractivity contribution < 1.29 is 23.8 Å². The number of esters is 1. The van der Waals surface area contributed by atoms with Crippen molar-refractivity contribution in [3.63, 3.8) is 0 Å². The Bertz CT molecular complexity index is 1460. The number of nitrogens with two attached hydrogens (primary N) is 1. The minimum absolute atomic E-state index is 0.0536. The van der Waals surface area contributed by atoms with E-state index in [1.807, 2.05) is 12.1 Å². The fraction of sp³-hybridized carbons (Fsp3) is 0.267. The van der Waals surface area contributed by atoms with Gasteiger partial charge in [-0.2, -0.15) is 0 Å². The number of hydrogen-bond donors (Lipinski definition) is 1. The summed E-state index contributed by atoms with van der Waals surface area (Å²) in [7, 11) is 1.34. The van der Waals surface area contributed by atoms with Gasteiger partial charge in [0, 0.05) is 17.0 Å². The Balaban J connectivity index is 1.35. The molecule has 6 nitrogen and oxygen atoms in total. The first kappa shape index (κ1) is 27.4. The van der Waals surface area contributed by atoms with Crippen LogP contribution in [0.3, 0.4) is 0 Å². The van der Waals surface area contributed by atoms with Gasteiger partial charge in [0.25, 0.3) is 0 Å². The Labute approximate surface area is 241 Å². The molecule has 0 aromatic heterocycles. The molecule has 0 spiro atoms. The molecule has 0 radical (unpaired) electrons. The molecule has 0 saturated heterocycles. The van der Waals surface area contributed by atoms with Crippen LogP contribution in [-0.2, 0) is 16.0 Å². The van der Waals surface area contributed by atoms with Gasteiger partial charge in [0.15, 0.2) is 5.78 Å². The monoisotopic (exact) mass is 585 g/mol. The van der Waals surface area contributed by atoms with Gasteiger partial charge < -0.3 is 19.9 Å². The lowest BCUT2D eigenvalue weighted by atomic mass is 9.96. The van der Waals surface area contributed by atoms with Crippen LogP contribution in [0.5, 0.6) is 11.5 Å². The molecular weight excluding hydrogens is 561 g/mol. The van der Waals surface area contributed by atoms with E-state index in [-0.39, 0.29) is 30.1 Å². The number of benzene rings is 3. The molecule has 3 aromatic rings. The molecule has 202 valence electrons. The molecule has 0 bridgehead atoms. The van der Waals surface area contributed by atoms with Crippen LogP contribution in [-0.4, -0.2) is 25.5 Å². The van der Waals surface area contributed by atoms with Gasteiger partial charge in [0.2, 0.25) is 0 Å². The van der Waals surface area contributed by atoms with Crippen LogP contribution in [0.4, 0.5) is 0 Å². The minimum atomic E-state index is -0.422. The van der Waals surface area contributed by atoms with Crippen molar-refractivity contribution in [2.45, 2.75) is 31.8 Å². The van der Waals surface area contributed by atoms with E-state index in [4.69, 9.17) is 54.7 Å². The highest BCUT2D eigenvalue weighted by atomic mass is 35.5. The second-order valence-electron chi connectivity index (χ2n) is 9.56. The van der Waals surface area contributed by atoms with E-state index < -0.39 is 5.97 Å². The highest BCUT2D eigenvalue weighted by Gasteiger charge is 2.34. The van der Waals surface area contributed by atoms with Gasteiger partial charge in [0.1, 0.15) is 24.2 Å². The van der Waals surface area contributed by atoms with Crippen LogP contribution in [0.2, 0.25) is 15.1 Å². The molecule has 9 heteroatoms. The number of fused-ring (bicyclic) bond motifs is 1. The van der Waals surface area contributed by atoms with Crippen molar-refractivity contribution in [2.75, 3.05) is 13.7 Å². The Morgan fingerprint density at radius 1 is 0.974 bits per heavy atom. The molecule has 1 fully saturated rings. The molecule has 2 aliphatic rings. The molecule has 1 heterocycles. The zero-order valence-electron chi connectivity index (χ0n) is 21.1. The van der Waals surface area contributed by atoms with Crippen LogP contribution in [0.15, 0.2) is 60.2 Å². The molecule has 39 heavy (non-hydrogen) atoms. The summed E-state index contributed by atoms with van der Waals surface area (Å²) >= 11 is 19.4. The standard InChI is InChI=1S/C30H26Cl3NO5/c1-37-30(36)18-8-5-16-9-12-25(39-26(16)13-18)20-11-10-19(14-24(20)33)38-15-21(29(35)17-6-7-17)28(34)27-22(31)3-2-4-23(27)32/h2-5,8,10-11,13-14,17,25H,6-7,9,12,15,34H2,1H3. The van der Waals surface area contributed by atoms with Crippen molar-refractivity contribution >= 4 is 52.3 Å². The summed E-state index contributed by atoms with van der Waals surface area (Å²) in [6.07, 6.45) is 2.84. The molecule has 5 rings (SSSR count). The maximum atomic E-state index is 13.1. The SMILES string of the molecule is COC(=O)c1ccc2c(c1)OC(c1ccc(OCC(C(=O)C3CC3)=C(N)c3c(Cl)cccc3Cl)cc1Cl)CC2. The van der Waals surface area contributed by atoms with E-state index in [0.717, 1.165) is 36.8 Å². The quantitative estimate of drug-likeness (QED) is 0.221. The number of rotatable bonds is 8. The topological polar surface area (TPSA) is 87.9 Å². The molecule has 1 atom stereocenters. The number of Topliss-reactive ketones (excluding diaryl/α,β-unsaturated/α-hetero) is 1. The zero-order chi connectivity index (χ0) is 27.7. The molecule has 2 N–H and O–H groups in total. The average Bonchev–Trinajstić information content (AvgIpc) is 3.78. The largest absolute Gasteiger partial charge is 0.489 e. The Morgan fingerprint density at radius 2 is 1.72 bits per heavy atom. The molecule has 1 unspecified atom stereocenters. The van der Waals surface area contributed by atoms with Gasteiger partial charge in [0.05, 0.1) is 39.0 Å². The van der Waals surface area contributed by atoms with E-state index in [9.17, 15) is 9.59 Å². The first-order valence-electron chi connectivity index (χ1n) is 12.5. The van der Waals surface area contributed by atoms with E-state index in [1.54, 1.807) is 42.5 Å². The van der Waals surface area contributed by atoms with E-state index in [1.165, 1.54) is 7.11 Å². The highest BCUT2D eigenvalue weighted by molar-refractivity contribution is 6.37. The highest BCUT2D eigenvalue weighted by Crippen LogP contribution is 2.40. The van der Waals surface area contributed by atoms with Gasteiger partial charge in [-0.1, -0.05) is 53.0 Å². The van der Waals surface area contributed by atoms with Gasteiger partial charge in [-0.3, -0.25) is 4.79 Å². The van der Waals surface area contributed by atoms with E-state index >= 15 is 0 Å². The maximum Gasteiger partial charge on any atom is 0.337 e. The van der Waals surface area contributed by atoms with Crippen molar-refractivity contribution in [2.24, 2.45) is 11.7 Å². The number of hydrogen-bond acceptors (Lipinski definition) is 6. The van der Waals surface area contributed by atoms with Crippen LogP contribution >= 0.6 is 34.8 Å². The second kappa shape index (κ2) is 11.5. The molecule has 3 aromatic carbocycles. The normalized spacial score (nSPS) is 17.0. The number of carbonyl (C=O) groups is 2. The smallest absolute Gasteiger partial charge is 0.337 e. The summed E-state index contributed by atoms with van der Waals surface area (Å²) in [5, 5.41) is 1.19. The first-order valence-corrected chi connectivity index (χ1v) is 13.7. The summed E-state index contributed by atoms with van der Waals surface area (Å²) in [4.78, 5) is 25.0. The number of ketones is 1. The number of aryl methyl sites for hydroxylation is 1. The molecule has 1 aliphatic carbocycles. The van der Waals surface area contributed by atoms with Crippen LogP contribution < -0.4 is 15.2 Å². The Hall–Kier alpha value is -3.19. The van der Waals surface area contributed by atoms with Crippen molar-refractivity contribution in [3.05, 3.63) is 97.5 Å². The predicted octanol–water partition coefficient (Wildman–Crippen LogP) is 7.23. The van der Waals surface area contributed by atoms with Crippen molar-refractivity contribution in [3.8, 4) is 11.5 Å². The lowest BCUT2D eigenvalue weighted by Gasteiger charge is -2.27. The Morgan fingerprint density at radius 3 is 2.38 bits per heavy atom. The third-order valence-electron chi connectivity index (χ3n) is 6.94. The zero-order valence-corrected chi connectivity index (χ0v) is 23.4. The summed E-state index contributed by atoms with van der Waals surface area (Å²) in [6, 6.07) is 15.7. The number of methoxy groups -OCH3 is 1. The Kier molecular flexibility index (Phi) is 8.08. The number of ether oxygens (including phenoxy) is 3. The van der Waals surface area contributed by atoms with Gasteiger partial charge >= 0.3 is 5.97 Å². The fourth-order valence-electron chi connectivity index (χ4n) is 4.63. The molecule has 0 amide bonds. The van der Waals surface area contributed by atoms with Gasteiger partial charge in [-0.05, 0) is 67.6 Å². The number of carbonyl (C=O) groups excluding carboxylic acids is 2. The van der Waals surface area contributed by atoms with Gasteiger partial charge in [-0.25, -0.2) is 4.79 Å². The molecule has 1 aliphatic heterocycles. The lowest BCUT2D eigenvalue weighted by Crippen LogP contribution is -2.19. The predicted molar refractivity (Wildman–Crippen MR) is 152 cm³/mol.